The second kappa shape index (κ2) is 5.89. The van der Waals surface area contributed by atoms with E-state index >= 15 is 0 Å². The summed E-state index contributed by atoms with van der Waals surface area (Å²) < 4.78 is 4.26. The Morgan fingerprint density at radius 3 is 2.56 bits per heavy atom. The summed E-state index contributed by atoms with van der Waals surface area (Å²) in [7, 11) is 0. The first-order valence-electron chi connectivity index (χ1n) is 5.78. The molecule has 0 fully saturated rings. The number of para-hydroxylation sites is 1. The van der Waals surface area contributed by atoms with Crippen molar-refractivity contribution in [3.63, 3.8) is 0 Å². The number of nitrogens with zero attached hydrogens (tertiary/aromatic N) is 2. The van der Waals surface area contributed by atoms with E-state index in [2.05, 4.69) is 60.6 Å². The number of imidazole rings is 1. The van der Waals surface area contributed by atoms with Gasteiger partial charge in [0.1, 0.15) is 0 Å². The van der Waals surface area contributed by atoms with Gasteiger partial charge in [0.25, 0.3) is 0 Å². The van der Waals surface area contributed by atoms with Crippen LogP contribution < -0.4 is 5.32 Å². The molecule has 1 aromatic heterocycles. The minimum Gasteiger partial charge on any atom is -0.378 e. The van der Waals surface area contributed by atoms with Crippen molar-refractivity contribution >= 4 is 37.5 Å². The monoisotopic (exact) mass is 371 g/mol. The molecule has 0 spiro atoms. The van der Waals surface area contributed by atoms with Gasteiger partial charge in [-0.3, -0.25) is 0 Å². The third-order valence-corrected chi connectivity index (χ3v) is 4.03. The van der Waals surface area contributed by atoms with Crippen LogP contribution >= 0.6 is 31.9 Å². The third kappa shape index (κ3) is 2.95. The first-order chi connectivity index (χ1) is 8.59. The van der Waals surface area contributed by atoms with Crippen LogP contribution in [0.5, 0.6) is 0 Å². The predicted molar refractivity (Wildman–Crippen MR) is 81.8 cm³/mol. The first-order valence-corrected chi connectivity index (χ1v) is 7.36. The average Bonchev–Trinajstić information content (AvgIpc) is 2.76. The Bertz CT molecular complexity index is 515. The van der Waals surface area contributed by atoms with Gasteiger partial charge in [-0.05, 0) is 57.8 Å². The average molecular weight is 373 g/mol. The highest BCUT2D eigenvalue weighted by molar-refractivity contribution is 9.11. The molecule has 2 rings (SSSR count). The Labute approximate surface area is 124 Å². The Morgan fingerprint density at radius 1 is 1.28 bits per heavy atom. The molecule has 0 aliphatic carbocycles. The van der Waals surface area contributed by atoms with Crippen molar-refractivity contribution in [1.29, 1.82) is 0 Å². The number of aromatic nitrogens is 2. The number of anilines is 1. The fraction of sp³-hybridized carbons (Fsp3) is 0.308. The molecule has 0 aliphatic heterocycles. The molecular formula is C13H15Br2N3. The number of halogens is 2. The van der Waals surface area contributed by atoms with Crippen LogP contribution in [-0.2, 0) is 6.54 Å². The van der Waals surface area contributed by atoms with Crippen LogP contribution in [0.2, 0.25) is 0 Å². The summed E-state index contributed by atoms with van der Waals surface area (Å²) in [6, 6.07) is 6.46. The maximum atomic E-state index is 4.20. The Kier molecular flexibility index (Phi) is 4.45. The minimum absolute atomic E-state index is 0.423. The van der Waals surface area contributed by atoms with Crippen molar-refractivity contribution in [2.24, 2.45) is 0 Å². The molecule has 0 atom stereocenters. The molecule has 0 unspecified atom stereocenters. The molecule has 0 amide bonds. The molecule has 1 heterocycles. The molecule has 1 N–H and O–H groups in total. The standard InChI is InChI=1S/C13H15Br2N3/c1-9(2)18-8-16-6-10(18)7-17-13-11(14)4-3-5-12(13)15/h3-6,8-9,17H,7H2,1-2H3. The summed E-state index contributed by atoms with van der Waals surface area (Å²) in [6.07, 6.45) is 3.77. The second-order valence-electron chi connectivity index (χ2n) is 4.34. The van der Waals surface area contributed by atoms with Crippen LogP contribution in [0, 0.1) is 0 Å². The zero-order chi connectivity index (χ0) is 13.1. The van der Waals surface area contributed by atoms with Crippen molar-refractivity contribution in [3.05, 3.63) is 45.4 Å². The molecule has 0 saturated heterocycles. The van der Waals surface area contributed by atoms with Gasteiger partial charge in [-0.2, -0.15) is 0 Å². The quantitative estimate of drug-likeness (QED) is 0.849. The summed E-state index contributed by atoms with van der Waals surface area (Å²) in [5.74, 6) is 0. The lowest BCUT2D eigenvalue weighted by Gasteiger charge is -2.14. The Morgan fingerprint density at radius 2 is 1.94 bits per heavy atom. The number of hydrogen-bond donors (Lipinski definition) is 1. The normalized spacial score (nSPS) is 10.9. The summed E-state index contributed by atoms with van der Waals surface area (Å²) in [5, 5.41) is 3.42. The fourth-order valence-electron chi connectivity index (χ4n) is 1.78. The van der Waals surface area contributed by atoms with E-state index < -0.39 is 0 Å². The molecule has 0 saturated carbocycles. The first kappa shape index (κ1) is 13.6. The van der Waals surface area contributed by atoms with Crippen molar-refractivity contribution in [1.82, 2.24) is 9.55 Å². The largest absolute Gasteiger partial charge is 0.378 e. The molecule has 0 radical (unpaired) electrons. The van der Waals surface area contributed by atoms with Gasteiger partial charge in [0.05, 0.1) is 24.3 Å². The van der Waals surface area contributed by atoms with Gasteiger partial charge in [0.2, 0.25) is 0 Å². The van der Waals surface area contributed by atoms with Gasteiger partial charge < -0.3 is 9.88 Å². The van der Waals surface area contributed by atoms with Crippen LogP contribution in [0.15, 0.2) is 39.7 Å². The molecule has 2 aromatic rings. The van der Waals surface area contributed by atoms with Crippen LogP contribution in [0.4, 0.5) is 5.69 Å². The highest BCUT2D eigenvalue weighted by Gasteiger charge is 2.08. The van der Waals surface area contributed by atoms with Gasteiger partial charge in [0, 0.05) is 21.2 Å². The van der Waals surface area contributed by atoms with E-state index in [-0.39, 0.29) is 0 Å². The lowest BCUT2D eigenvalue weighted by Crippen LogP contribution is -2.09. The number of nitrogens with one attached hydrogen (secondary N) is 1. The predicted octanol–water partition coefficient (Wildman–Crippen LogP) is 4.60. The van der Waals surface area contributed by atoms with E-state index in [9.17, 15) is 0 Å². The number of rotatable bonds is 4. The van der Waals surface area contributed by atoms with Gasteiger partial charge in [0.15, 0.2) is 0 Å². The lowest BCUT2D eigenvalue weighted by molar-refractivity contribution is 0.577. The smallest absolute Gasteiger partial charge is 0.0951 e. The highest BCUT2D eigenvalue weighted by atomic mass is 79.9. The maximum Gasteiger partial charge on any atom is 0.0951 e. The van der Waals surface area contributed by atoms with Crippen LogP contribution in [0.3, 0.4) is 0 Å². The van der Waals surface area contributed by atoms with Crippen LogP contribution in [0.1, 0.15) is 25.6 Å². The maximum absolute atomic E-state index is 4.20. The number of benzene rings is 1. The van der Waals surface area contributed by atoms with E-state index in [4.69, 9.17) is 0 Å². The molecule has 0 aliphatic rings. The third-order valence-electron chi connectivity index (χ3n) is 2.71. The summed E-state index contributed by atoms with van der Waals surface area (Å²) >= 11 is 7.09. The Hall–Kier alpha value is -0.810. The number of hydrogen-bond acceptors (Lipinski definition) is 2. The van der Waals surface area contributed by atoms with E-state index in [1.54, 1.807) is 0 Å². The molecule has 96 valence electrons. The summed E-state index contributed by atoms with van der Waals surface area (Å²) in [5.41, 5.74) is 2.24. The van der Waals surface area contributed by atoms with Crippen LogP contribution in [0.25, 0.3) is 0 Å². The SMILES string of the molecule is CC(C)n1cncc1CNc1c(Br)cccc1Br. The lowest BCUT2D eigenvalue weighted by atomic mass is 10.3. The molecular weight excluding hydrogens is 358 g/mol. The van der Waals surface area contributed by atoms with Crippen molar-refractivity contribution < 1.29 is 0 Å². The molecule has 1 aromatic carbocycles. The van der Waals surface area contributed by atoms with Gasteiger partial charge >= 0.3 is 0 Å². The van der Waals surface area contributed by atoms with E-state index in [0.717, 1.165) is 21.2 Å². The van der Waals surface area contributed by atoms with Crippen molar-refractivity contribution in [2.45, 2.75) is 26.4 Å². The van der Waals surface area contributed by atoms with Crippen LogP contribution in [-0.4, -0.2) is 9.55 Å². The highest BCUT2D eigenvalue weighted by Crippen LogP contribution is 2.30. The molecule has 5 heteroatoms. The molecule has 3 nitrogen and oxygen atoms in total. The topological polar surface area (TPSA) is 29.9 Å². The van der Waals surface area contributed by atoms with Gasteiger partial charge in [-0.15, -0.1) is 0 Å². The Balaban J connectivity index is 2.14. The summed E-state index contributed by atoms with van der Waals surface area (Å²) in [4.78, 5) is 4.20. The van der Waals surface area contributed by atoms with E-state index in [1.807, 2.05) is 30.7 Å². The van der Waals surface area contributed by atoms with E-state index in [1.165, 1.54) is 5.69 Å². The van der Waals surface area contributed by atoms with Crippen molar-refractivity contribution in [3.8, 4) is 0 Å². The fourth-order valence-corrected chi connectivity index (χ4v) is 3.06. The van der Waals surface area contributed by atoms with Crippen molar-refractivity contribution in [2.75, 3.05) is 5.32 Å². The van der Waals surface area contributed by atoms with Gasteiger partial charge in [-0.25, -0.2) is 4.98 Å². The second-order valence-corrected chi connectivity index (χ2v) is 6.04. The molecule has 0 bridgehead atoms. The zero-order valence-corrected chi connectivity index (χ0v) is 13.5. The van der Waals surface area contributed by atoms with E-state index in [0.29, 0.717) is 6.04 Å². The zero-order valence-electron chi connectivity index (χ0n) is 10.3. The van der Waals surface area contributed by atoms with Gasteiger partial charge in [-0.1, -0.05) is 6.07 Å². The minimum atomic E-state index is 0.423. The molecule has 18 heavy (non-hydrogen) atoms. The summed E-state index contributed by atoms with van der Waals surface area (Å²) in [6.45, 7) is 5.05.